The second-order valence-corrected chi connectivity index (χ2v) is 8.12. The first-order valence-corrected chi connectivity index (χ1v) is 10.8. The predicted octanol–water partition coefficient (Wildman–Crippen LogP) is 3.06. The molecule has 0 aromatic carbocycles. The molecule has 2 amide bonds. The van der Waals surface area contributed by atoms with Gasteiger partial charge in [-0.3, -0.25) is 19.6 Å². The van der Waals surface area contributed by atoms with E-state index in [1.54, 1.807) is 19.3 Å². The van der Waals surface area contributed by atoms with Crippen LogP contribution in [0.15, 0.2) is 41.2 Å². The Hall–Kier alpha value is -3.55. The fourth-order valence-electron chi connectivity index (χ4n) is 4.09. The van der Waals surface area contributed by atoms with Crippen molar-refractivity contribution in [2.45, 2.75) is 39.0 Å². The normalized spacial score (nSPS) is 14.4. The number of aromatic nitrogens is 3. The van der Waals surface area contributed by atoms with E-state index in [2.05, 4.69) is 20.4 Å². The van der Waals surface area contributed by atoms with Gasteiger partial charge in [0, 0.05) is 60.8 Å². The van der Waals surface area contributed by atoms with Crippen LogP contribution in [0.25, 0.3) is 11.1 Å². The molecule has 8 nitrogen and oxygen atoms in total. The van der Waals surface area contributed by atoms with Crippen molar-refractivity contribution < 1.29 is 14.1 Å². The lowest BCUT2D eigenvalue weighted by Gasteiger charge is -2.32. The Morgan fingerprint density at radius 3 is 2.28 bits per heavy atom. The largest absolute Gasteiger partial charge is 0.361 e. The molecule has 0 radical (unpaired) electrons. The van der Waals surface area contributed by atoms with Gasteiger partial charge in [-0.05, 0) is 38.8 Å². The number of pyridine rings is 2. The summed E-state index contributed by atoms with van der Waals surface area (Å²) >= 11 is 0. The molecule has 0 spiro atoms. The van der Waals surface area contributed by atoms with E-state index in [-0.39, 0.29) is 11.8 Å². The molecule has 8 heteroatoms. The number of hydrogen-bond acceptors (Lipinski definition) is 6. The Balaban J connectivity index is 1.35. The van der Waals surface area contributed by atoms with E-state index in [0.29, 0.717) is 23.8 Å². The lowest BCUT2D eigenvalue weighted by Crippen LogP contribution is -2.39. The minimum atomic E-state index is -0.207. The van der Waals surface area contributed by atoms with E-state index in [9.17, 15) is 9.59 Å². The third kappa shape index (κ3) is 4.54. The van der Waals surface area contributed by atoms with Crippen LogP contribution in [0.1, 0.15) is 52.0 Å². The Morgan fingerprint density at radius 1 is 1.06 bits per heavy atom. The molecule has 0 saturated carbocycles. The van der Waals surface area contributed by atoms with Crippen LogP contribution in [0.5, 0.6) is 0 Å². The molecular formula is C24H27N5O3. The first-order valence-electron chi connectivity index (χ1n) is 10.8. The summed E-state index contributed by atoms with van der Waals surface area (Å²) < 4.78 is 5.17. The van der Waals surface area contributed by atoms with Gasteiger partial charge >= 0.3 is 0 Å². The van der Waals surface area contributed by atoms with Gasteiger partial charge in [0.25, 0.3) is 5.91 Å². The van der Waals surface area contributed by atoms with Crippen molar-refractivity contribution in [3.8, 4) is 11.1 Å². The summed E-state index contributed by atoms with van der Waals surface area (Å²) in [6, 6.07) is 7.66. The fraction of sp³-hybridized carbons (Fsp3) is 0.375. The van der Waals surface area contributed by atoms with Gasteiger partial charge in [-0.15, -0.1) is 0 Å². The van der Waals surface area contributed by atoms with E-state index < -0.39 is 0 Å². The second kappa shape index (κ2) is 9.30. The van der Waals surface area contributed by atoms with E-state index in [4.69, 9.17) is 4.52 Å². The van der Waals surface area contributed by atoms with Crippen molar-refractivity contribution in [2.75, 3.05) is 20.1 Å². The van der Waals surface area contributed by atoms with E-state index in [1.165, 1.54) is 0 Å². The van der Waals surface area contributed by atoms with Crippen LogP contribution in [0.2, 0.25) is 0 Å². The van der Waals surface area contributed by atoms with E-state index in [0.717, 1.165) is 54.0 Å². The average molecular weight is 434 g/mol. The highest BCUT2D eigenvalue weighted by Gasteiger charge is 2.26. The van der Waals surface area contributed by atoms with Crippen molar-refractivity contribution in [3.05, 3.63) is 65.1 Å². The molecular weight excluding hydrogens is 406 g/mol. The van der Waals surface area contributed by atoms with Gasteiger partial charge in [-0.25, -0.2) is 0 Å². The van der Waals surface area contributed by atoms with Crippen molar-refractivity contribution in [1.29, 1.82) is 0 Å². The first kappa shape index (κ1) is 21.7. The third-order valence-electron chi connectivity index (χ3n) is 6.12. The molecule has 1 saturated heterocycles. The molecule has 0 atom stereocenters. The van der Waals surface area contributed by atoms with Crippen LogP contribution in [0.4, 0.5) is 0 Å². The molecule has 0 bridgehead atoms. The zero-order valence-electron chi connectivity index (χ0n) is 18.6. The van der Waals surface area contributed by atoms with Gasteiger partial charge < -0.3 is 14.7 Å². The third-order valence-corrected chi connectivity index (χ3v) is 6.12. The molecule has 1 fully saturated rings. The Bertz CT molecular complexity index is 1080. The highest BCUT2D eigenvalue weighted by molar-refractivity contribution is 5.92. The molecule has 1 N–H and O–H groups in total. The Kier molecular flexibility index (Phi) is 6.30. The molecule has 4 rings (SSSR count). The molecule has 1 aliphatic rings. The molecule has 1 aliphatic heterocycles. The van der Waals surface area contributed by atoms with Gasteiger partial charge in [-0.2, -0.15) is 0 Å². The minimum Gasteiger partial charge on any atom is -0.361 e. The minimum absolute atomic E-state index is 0.119. The maximum absolute atomic E-state index is 12.7. The SMILES string of the molecule is CNC(=O)c1ccc(-c2ccc(C3CCN(C(=O)Cc4c(C)noc4C)CC3)nc2)cn1. The summed E-state index contributed by atoms with van der Waals surface area (Å²) in [6.07, 6.45) is 5.65. The Morgan fingerprint density at radius 2 is 1.75 bits per heavy atom. The number of carbonyl (C=O) groups is 2. The summed E-state index contributed by atoms with van der Waals surface area (Å²) in [5.41, 5.74) is 4.98. The van der Waals surface area contributed by atoms with Gasteiger partial charge in [0.1, 0.15) is 11.5 Å². The van der Waals surface area contributed by atoms with Crippen LogP contribution in [-0.2, 0) is 11.2 Å². The first-order chi connectivity index (χ1) is 15.5. The van der Waals surface area contributed by atoms with Crippen molar-refractivity contribution in [3.63, 3.8) is 0 Å². The number of amides is 2. The second-order valence-electron chi connectivity index (χ2n) is 8.12. The molecule has 0 aliphatic carbocycles. The average Bonchev–Trinajstić information content (AvgIpc) is 3.16. The summed E-state index contributed by atoms with van der Waals surface area (Å²) in [5.74, 6) is 0.963. The van der Waals surface area contributed by atoms with E-state index in [1.807, 2.05) is 43.1 Å². The number of hydrogen-bond donors (Lipinski definition) is 1. The van der Waals surface area contributed by atoms with Crippen LogP contribution in [-0.4, -0.2) is 52.0 Å². The van der Waals surface area contributed by atoms with Crippen molar-refractivity contribution in [2.24, 2.45) is 0 Å². The van der Waals surface area contributed by atoms with E-state index >= 15 is 0 Å². The fourth-order valence-corrected chi connectivity index (χ4v) is 4.09. The number of piperidine rings is 1. The molecule has 4 heterocycles. The van der Waals surface area contributed by atoms with Crippen LogP contribution in [0.3, 0.4) is 0 Å². The lowest BCUT2D eigenvalue weighted by atomic mass is 9.92. The number of nitrogens with one attached hydrogen (secondary N) is 1. The summed E-state index contributed by atoms with van der Waals surface area (Å²) in [7, 11) is 1.58. The van der Waals surface area contributed by atoms with Crippen LogP contribution < -0.4 is 5.32 Å². The van der Waals surface area contributed by atoms with Gasteiger partial charge in [-0.1, -0.05) is 17.3 Å². The van der Waals surface area contributed by atoms with Gasteiger partial charge in [0.05, 0.1) is 12.1 Å². The lowest BCUT2D eigenvalue weighted by molar-refractivity contribution is -0.131. The highest BCUT2D eigenvalue weighted by atomic mass is 16.5. The van der Waals surface area contributed by atoms with Gasteiger partial charge in [0.15, 0.2) is 0 Å². The summed E-state index contributed by atoms with van der Waals surface area (Å²) in [5, 5.41) is 6.50. The number of carbonyl (C=O) groups excluding carboxylic acids is 2. The summed E-state index contributed by atoms with van der Waals surface area (Å²) in [4.78, 5) is 35.2. The number of rotatable bonds is 5. The van der Waals surface area contributed by atoms with Crippen LogP contribution >= 0.6 is 0 Å². The zero-order chi connectivity index (χ0) is 22.7. The zero-order valence-corrected chi connectivity index (χ0v) is 18.6. The Labute approximate surface area is 187 Å². The monoisotopic (exact) mass is 433 g/mol. The standard InChI is InChI=1S/C24H27N5O3/c1-15-20(16(2)32-28-15)12-23(30)29-10-8-17(9-11-29)21-6-4-18(13-26-21)19-5-7-22(27-14-19)24(31)25-3/h4-7,13-14,17H,8-12H2,1-3H3,(H,25,31). The molecule has 3 aromatic heterocycles. The smallest absolute Gasteiger partial charge is 0.269 e. The molecule has 32 heavy (non-hydrogen) atoms. The predicted molar refractivity (Wildman–Crippen MR) is 119 cm³/mol. The maximum atomic E-state index is 12.7. The number of aryl methyl sites for hydroxylation is 2. The molecule has 166 valence electrons. The van der Waals surface area contributed by atoms with Crippen molar-refractivity contribution >= 4 is 11.8 Å². The van der Waals surface area contributed by atoms with Crippen molar-refractivity contribution in [1.82, 2.24) is 25.3 Å². The topological polar surface area (TPSA) is 101 Å². The molecule has 0 unspecified atom stereocenters. The highest BCUT2D eigenvalue weighted by Crippen LogP contribution is 2.28. The number of nitrogens with zero attached hydrogens (tertiary/aromatic N) is 4. The molecule has 3 aromatic rings. The number of likely N-dealkylation sites (tertiary alicyclic amines) is 1. The quantitative estimate of drug-likeness (QED) is 0.664. The maximum Gasteiger partial charge on any atom is 0.269 e. The van der Waals surface area contributed by atoms with Crippen LogP contribution in [0, 0.1) is 13.8 Å². The summed E-state index contributed by atoms with van der Waals surface area (Å²) in [6.45, 7) is 5.16. The van der Waals surface area contributed by atoms with Gasteiger partial charge in [0.2, 0.25) is 5.91 Å².